The minimum absolute atomic E-state index is 0.00852. The van der Waals surface area contributed by atoms with Gasteiger partial charge in [0.2, 0.25) is 5.91 Å². The molecule has 0 radical (unpaired) electrons. The summed E-state index contributed by atoms with van der Waals surface area (Å²) in [5.41, 5.74) is -2.06. The molecular weight excluding hydrogens is 334 g/mol. The first-order valence-corrected chi connectivity index (χ1v) is 7.34. The average Bonchev–Trinajstić information content (AvgIpc) is 2.56. The van der Waals surface area contributed by atoms with Crippen molar-refractivity contribution in [1.29, 1.82) is 0 Å². The summed E-state index contributed by atoms with van der Waals surface area (Å²) >= 11 is 0. The quantitative estimate of drug-likeness (QED) is 0.554. The van der Waals surface area contributed by atoms with Crippen LogP contribution in [0.3, 0.4) is 0 Å². The van der Waals surface area contributed by atoms with Crippen LogP contribution in [0.25, 0.3) is 11.2 Å². The van der Waals surface area contributed by atoms with Crippen molar-refractivity contribution in [2.75, 3.05) is 0 Å². The molecule has 0 aliphatic carbocycles. The Morgan fingerprint density at radius 2 is 1.88 bits per heavy atom. The van der Waals surface area contributed by atoms with Gasteiger partial charge < -0.3 is 15.4 Å². The van der Waals surface area contributed by atoms with Gasteiger partial charge in [-0.2, -0.15) is 0 Å². The van der Waals surface area contributed by atoms with E-state index in [-0.39, 0.29) is 29.7 Å². The summed E-state index contributed by atoms with van der Waals surface area (Å²) in [7, 11) is 2.68. The smallest absolute Gasteiger partial charge is 0.332 e. The number of carboxylic acids is 1. The van der Waals surface area contributed by atoms with Gasteiger partial charge in [-0.3, -0.25) is 28.3 Å². The molecule has 0 spiro atoms. The third-order valence-corrected chi connectivity index (χ3v) is 3.72. The Labute approximate surface area is 139 Å². The lowest BCUT2D eigenvalue weighted by Gasteiger charge is -2.09. The van der Waals surface area contributed by atoms with Crippen LogP contribution in [0.1, 0.15) is 19.0 Å². The number of aromatic amines is 1. The number of aromatic nitrogens is 4. The Bertz CT molecular complexity index is 1030. The molecule has 1 atom stereocenters. The summed E-state index contributed by atoms with van der Waals surface area (Å²) in [6, 6.07) is -1.06. The number of aryl methyl sites for hydroxylation is 2. The molecular formula is C14H17N5O6. The Morgan fingerprint density at radius 3 is 2.48 bits per heavy atom. The van der Waals surface area contributed by atoms with Gasteiger partial charge in [0, 0.05) is 26.9 Å². The summed E-state index contributed by atoms with van der Waals surface area (Å²) in [5, 5.41) is 11.0. The predicted octanol–water partition coefficient (Wildman–Crippen LogP) is -2.16. The molecule has 2 heterocycles. The van der Waals surface area contributed by atoms with Crippen LogP contribution in [0.15, 0.2) is 14.4 Å². The van der Waals surface area contributed by atoms with Crippen LogP contribution in [0, 0.1) is 0 Å². The van der Waals surface area contributed by atoms with E-state index >= 15 is 0 Å². The maximum atomic E-state index is 12.1. The van der Waals surface area contributed by atoms with Gasteiger partial charge in [0.1, 0.15) is 17.4 Å². The lowest BCUT2D eigenvalue weighted by atomic mass is 10.2. The molecule has 0 aromatic carbocycles. The van der Waals surface area contributed by atoms with E-state index in [0.717, 1.165) is 9.13 Å². The van der Waals surface area contributed by atoms with Gasteiger partial charge in [-0.15, -0.1) is 0 Å². The first-order valence-electron chi connectivity index (χ1n) is 7.34. The normalized spacial score (nSPS) is 12.1. The van der Waals surface area contributed by atoms with Gasteiger partial charge in [0.15, 0.2) is 5.52 Å². The van der Waals surface area contributed by atoms with Crippen LogP contribution in [0.5, 0.6) is 0 Å². The monoisotopic (exact) mass is 351 g/mol. The number of fused-ring (bicyclic) bond motifs is 1. The topological polar surface area (TPSA) is 156 Å². The lowest BCUT2D eigenvalue weighted by Crippen LogP contribution is -2.39. The summed E-state index contributed by atoms with van der Waals surface area (Å²) < 4.78 is 1.95. The van der Waals surface area contributed by atoms with E-state index in [2.05, 4.69) is 15.3 Å². The van der Waals surface area contributed by atoms with E-state index < -0.39 is 34.7 Å². The zero-order valence-electron chi connectivity index (χ0n) is 13.8. The highest BCUT2D eigenvalue weighted by atomic mass is 16.4. The Kier molecular flexibility index (Phi) is 4.86. The van der Waals surface area contributed by atoms with Gasteiger partial charge in [0.05, 0.1) is 0 Å². The summed E-state index contributed by atoms with van der Waals surface area (Å²) in [6.07, 6.45) is -0.263. The highest BCUT2D eigenvalue weighted by Gasteiger charge is 2.16. The fourth-order valence-electron chi connectivity index (χ4n) is 2.21. The molecule has 25 heavy (non-hydrogen) atoms. The van der Waals surface area contributed by atoms with Crippen LogP contribution in [0.2, 0.25) is 0 Å². The maximum Gasteiger partial charge on any atom is 0.332 e. The van der Waals surface area contributed by atoms with Crippen molar-refractivity contribution in [3.63, 3.8) is 0 Å². The van der Waals surface area contributed by atoms with Crippen molar-refractivity contribution in [1.82, 2.24) is 24.4 Å². The molecule has 0 aliphatic rings. The third kappa shape index (κ3) is 3.49. The molecule has 11 heteroatoms. The maximum absolute atomic E-state index is 12.1. The molecule has 0 aliphatic heterocycles. The van der Waals surface area contributed by atoms with Gasteiger partial charge in [-0.1, -0.05) is 0 Å². The second-order valence-electron chi connectivity index (χ2n) is 5.54. The van der Waals surface area contributed by atoms with E-state index in [1.54, 1.807) is 0 Å². The number of carbonyl (C=O) groups excluding carboxylic acids is 1. The van der Waals surface area contributed by atoms with Crippen molar-refractivity contribution >= 4 is 23.0 Å². The van der Waals surface area contributed by atoms with Crippen molar-refractivity contribution in [2.24, 2.45) is 14.1 Å². The van der Waals surface area contributed by atoms with Gasteiger partial charge in [-0.25, -0.2) is 9.78 Å². The van der Waals surface area contributed by atoms with E-state index in [1.807, 2.05) is 0 Å². The first kappa shape index (κ1) is 18.1. The molecule has 11 nitrogen and oxygen atoms in total. The number of nitrogens with one attached hydrogen (secondary N) is 2. The van der Waals surface area contributed by atoms with Crippen LogP contribution in [-0.2, 0) is 30.1 Å². The summed E-state index contributed by atoms with van der Waals surface area (Å²) in [5.74, 6) is -1.75. The molecule has 2 aromatic rings. The molecule has 134 valence electrons. The highest BCUT2D eigenvalue weighted by molar-refractivity contribution is 5.83. The minimum Gasteiger partial charge on any atom is -0.480 e. The van der Waals surface area contributed by atoms with E-state index in [0.29, 0.717) is 0 Å². The Balaban J connectivity index is 2.35. The van der Waals surface area contributed by atoms with Crippen molar-refractivity contribution in [3.05, 3.63) is 36.9 Å². The standard InChI is InChI=1S/C14H17N5O6/c1-6(13(23)24)15-8(20)5-4-7-11(21)17-10-9(16-7)12(22)19(3)14(25)18(10)2/h6H,4-5H2,1-3H3,(H,15,20)(H,17,21)(H,23,24). The fourth-order valence-corrected chi connectivity index (χ4v) is 2.21. The number of carbonyl (C=O) groups is 2. The zero-order chi connectivity index (χ0) is 18.9. The Morgan fingerprint density at radius 1 is 1.24 bits per heavy atom. The number of amides is 1. The molecule has 0 fully saturated rings. The minimum atomic E-state index is -1.18. The SMILES string of the molecule is CC(NC(=O)CCc1nc2c(=O)n(C)c(=O)n(C)c2[nH]c1=O)C(=O)O. The van der Waals surface area contributed by atoms with E-state index in [4.69, 9.17) is 5.11 Å². The number of carboxylic acid groups (broad SMARTS) is 1. The molecule has 3 N–H and O–H groups in total. The van der Waals surface area contributed by atoms with Crippen LogP contribution < -0.4 is 22.1 Å². The Hall–Kier alpha value is -3.24. The van der Waals surface area contributed by atoms with E-state index in [1.165, 1.54) is 21.0 Å². The van der Waals surface area contributed by atoms with Crippen LogP contribution >= 0.6 is 0 Å². The number of hydrogen-bond donors (Lipinski definition) is 3. The first-order chi connectivity index (χ1) is 11.6. The second kappa shape index (κ2) is 6.71. The van der Waals surface area contributed by atoms with E-state index in [9.17, 15) is 24.0 Å². The largest absolute Gasteiger partial charge is 0.480 e. The number of rotatable bonds is 5. The summed E-state index contributed by atoms with van der Waals surface area (Å²) in [4.78, 5) is 64.9. The predicted molar refractivity (Wildman–Crippen MR) is 86.4 cm³/mol. The van der Waals surface area contributed by atoms with Crippen molar-refractivity contribution in [3.8, 4) is 0 Å². The number of hydrogen-bond acceptors (Lipinski definition) is 6. The molecule has 0 saturated carbocycles. The molecule has 0 bridgehead atoms. The molecule has 1 unspecified atom stereocenters. The van der Waals surface area contributed by atoms with Crippen LogP contribution in [0.4, 0.5) is 0 Å². The molecule has 2 aromatic heterocycles. The fraction of sp³-hybridized carbons (Fsp3) is 0.429. The van der Waals surface area contributed by atoms with Crippen molar-refractivity contribution in [2.45, 2.75) is 25.8 Å². The third-order valence-electron chi connectivity index (χ3n) is 3.72. The molecule has 2 rings (SSSR count). The number of H-pyrrole nitrogens is 1. The molecule has 0 saturated heterocycles. The average molecular weight is 351 g/mol. The van der Waals surface area contributed by atoms with Crippen LogP contribution in [-0.4, -0.2) is 42.1 Å². The van der Waals surface area contributed by atoms with Crippen molar-refractivity contribution < 1.29 is 14.7 Å². The zero-order valence-corrected chi connectivity index (χ0v) is 13.8. The van der Waals surface area contributed by atoms with Gasteiger partial charge in [-0.05, 0) is 6.92 Å². The number of aliphatic carboxylic acids is 1. The highest BCUT2D eigenvalue weighted by Crippen LogP contribution is 2.01. The summed E-state index contributed by atoms with van der Waals surface area (Å²) in [6.45, 7) is 1.31. The number of nitrogens with zero attached hydrogens (tertiary/aromatic N) is 3. The molecule has 1 amide bonds. The lowest BCUT2D eigenvalue weighted by molar-refractivity contribution is -0.141. The second-order valence-corrected chi connectivity index (χ2v) is 5.54. The van der Waals surface area contributed by atoms with Gasteiger partial charge >= 0.3 is 11.7 Å². The van der Waals surface area contributed by atoms with Gasteiger partial charge in [0.25, 0.3) is 11.1 Å².